The summed E-state index contributed by atoms with van der Waals surface area (Å²) in [4.78, 5) is 16.6. The maximum atomic E-state index is 11.1. The molecule has 1 heterocycles. The Labute approximate surface area is 370 Å². The molecule has 3 aromatic rings. The van der Waals surface area contributed by atoms with Gasteiger partial charge in [0.15, 0.2) is 10.3 Å². The van der Waals surface area contributed by atoms with Crippen molar-refractivity contribution in [2.45, 2.75) is 212 Å². The lowest BCUT2D eigenvalue weighted by Crippen LogP contribution is -2.19. The fourth-order valence-electron chi connectivity index (χ4n) is 6.89. The average molecular weight is 852 g/mol. The third kappa shape index (κ3) is 19.0. The van der Waals surface area contributed by atoms with Gasteiger partial charge in [0.05, 0.1) is 0 Å². The van der Waals surface area contributed by atoms with Gasteiger partial charge >= 0.3 is 0 Å². The minimum atomic E-state index is -0.197. The average Bonchev–Trinajstić information content (AvgIpc) is 3.10. The van der Waals surface area contributed by atoms with Crippen LogP contribution in [0.25, 0.3) is 0 Å². The van der Waals surface area contributed by atoms with Crippen molar-refractivity contribution >= 4 is 35.2 Å². The molecule has 0 fully saturated rings. The number of anilines is 2. The molecule has 1 aromatic heterocycles. The highest BCUT2D eigenvalue weighted by Crippen LogP contribution is 2.42. The maximum Gasteiger partial charge on any atom is 0.232 e. The number of nitrogens with one attached hydrogen (secondary N) is 1. The standard InChI is InChI=1S/C33H56N4OS2.C17H29NO/c1-9-11-13-15-17-19-21-39-30-35-29(36-31(37-30)40-22-20-18-16-14-12-10-2)34-25-23-26(32(3,4)5)28(38)27(24-25)33(6,7)8;1-16(2,3)13-9-12(11-18(7)8)10-14(15(13)19)17(4,5)6/h23-24,38H,9-22H2,1-8H3,(H,34,35,36,37);9-10,19H,11H2,1-8H3. The molecular formula is C50H85N5O2S2. The first-order chi connectivity index (χ1) is 27.4. The lowest BCUT2D eigenvalue weighted by atomic mass is 9.78. The van der Waals surface area contributed by atoms with Gasteiger partial charge in [-0.3, -0.25) is 0 Å². The van der Waals surface area contributed by atoms with Crippen LogP contribution >= 0.6 is 23.5 Å². The Kier molecular flexibility index (Phi) is 21.6. The smallest absolute Gasteiger partial charge is 0.232 e. The van der Waals surface area contributed by atoms with E-state index in [1.165, 1.54) is 82.6 Å². The second kappa shape index (κ2) is 24.2. The minimum Gasteiger partial charge on any atom is -0.507 e. The van der Waals surface area contributed by atoms with E-state index in [1.54, 1.807) is 23.5 Å². The number of phenolic OH excluding ortho intramolecular Hbond substituents is 2. The highest BCUT2D eigenvalue weighted by molar-refractivity contribution is 7.99. The highest BCUT2D eigenvalue weighted by Gasteiger charge is 2.28. The number of nitrogens with zero attached hydrogens (tertiary/aromatic N) is 4. The molecule has 0 aliphatic carbocycles. The zero-order valence-corrected chi connectivity index (χ0v) is 42.0. The monoisotopic (exact) mass is 852 g/mol. The Morgan fingerprint density at radius 1 is 0.508 bits per heavy atom. The molecule has 0 saturated heterocycles. The van der Waals surface area contributed by atoms with Crippen LogP contribution in [-0.2, 0) is 28.2 Å². The van der Waals surface area contributed by atoms with E-state index < -0.39 is 0 Å². The Bertz CT molecular complexity index is 1590. The summed E-state index contributed by atoms with van der Waals surface area (Å²) in [6, 6.07) is 8.37. The van der Waals surface area contributed by atoms with Gasteiger partial charge in [0.1, 0.15) is 11.5 Å². The highest BCUT2D eigenvalue weighted by atomic mass is 32.2. The molecule has 2 aromatic carbocycles. The predicted molar refractivity (Wildman–Crippen MR) is 260 cm³/mol. The topological polar surface area (TPSA) is 94.4 Å². The quantitative estimate of drug-likeness (QED) is 0.0583. The molecule has 0 unspecified atom stereocenters. The molecule has 0 amide bonds. The summed E-state index contributed by atoms with van der Waals surface area (Å²) in [6.45, 7) is 31.1. The van der Waals surface area contributed by atoms with Crippen molar-refractivity contribution in [1.82, 2.24) is 19.9 Å². The van der Waals surface area contributed by atoms with Gasteiger partial charge in [-0.1, -0.05) is 197 Å². The number of phenols is 2. The van der Waals surface area contributed by atoms with Crippen molar-refractivity contribution in [3.8, 4) is 11.5 Å². The van der Waals surface area contributed by atoms with Gasteiger partial charge in [0.25, 0.3) is 0 Å². The molecule has 0 aliphatic heterocycles. The zero-order chi connectivity index (χ0) is 44.6. The third-order valence-electron chi connectivity index (χ3n) is 10.3. The molecule has 0 spiro atoms. The molecule has 334 valence electrons. The van der Waals surface area contributed by atoms with Crippen LogP contribution in [0.2, 0.25) is 0 Å². The second-order valence-electron chi connectivity index (χ2n) is 20.8. The van der Waals surface area contributed by atoms with Crippen LogP contribution < -0.4 is 5.32 Å². The van der Waals surface area contributed by atoms with Gasteiger partial charge in [0.2, 0.25) is 5.95 Å². The molecular weight excluding hydrogens is 767 g/mol. The number of benzene rings is 2. The van der Waals surface area contributed by atoms with Crippen molar-refractivity contribution in [3.05, 3.63) is 52.1 Å². The Balaban J connectivity index is 0.000000527. The molecule has 59 heavy (non-hydrogen) atoms. The first-order valence-electron chi connectivity index (χ1n) is 22.6. The largest absolute Gasteiger partial charge is 0.507 e. The Hall–Kier alpha value is -2.49. The SMILES string of the molecule is CCCCCCCCSc1nc(Nc2cc(C(C)(C)C)c(O)c(C(C)(C)C)c2)nc(SCCCCCCCC)n1.CN(C)Cc1cc(C(C)(C)C)c(O)c(C(C)(C)C)c1. The van der Waals surface area contributed by atoms with Crippen LogP contribution in [0.3, 0.4) is 0 Å². The summed E-state index contributed by atoms with van der Waals surface area (Å²) in [5.74, 6) is 3.47. The Morgan fingerprint density at radius 3 is 1.19 bits per heavy atom. The number of unbranched alkanes of at least 4 members (excludes halogenated alkanes) is 10. The number of hydrogen-bond acceptors (Lipinski definition) is 9. The lowest BCUT2D eigenvalue weighted by molar-refractivity contribution is 0.395. The van der Waals surface area contributed by atoms with Gasteiger partial charge in [-0.05, 0) is 77.4 Å². The molecule has 0 saturated carbocycles. The van der Waals surface area contributed by atoms with E-state index >= 15 is 0 Å². The molecule has 9 heteroatoms. The van der Waals surface area contributed by atoms with Gasteiger partial charge in [-0.25, -0.2) is 0 Å². The van der Waals surface area contributed by atoms with Gasteiger partial charge in [-0.2, -0.15) is 15.0 Å². The van der Waals surface area contributed by atoms with Gasteiger partial charge in [-0.15, -0.1) is 0 Å². The molecule has 0 atom stereocenters. The van der Waals surface area contributed by atoms with Crippen molar-refractivity contribution in [2.75, 3.05) is 30.9 Å². The van der Waals surface area contributed by atoms with E-state index in [4.69, 9.17) is 15.0 Å². The number of rotatable bonds is 20. The van der Waals surface area contributed by atoms with Crippen LogP contribution in [0.1, 0.15) is 202 Å². The van der Waals surface area contributed by atoms with E-state index in [-0.39, 0.29) is 21.7 Å². The summed E-state index contributed by atoms with van der Waals surface area (Å²) < 4.78 is 0. The molecule has 3 N–H and O–H groups in total. The van der Waals surface area contributed by atoms with E-state index in [0.717, 1.165) is 56.3 Å². The van der Waals surface area contributed by atoms with E-state index in [9.17, 15) is 10.2 Å². The van der Waals surface area contributed by atoms with Gasteiger partial charge in [0, 0.05) is 34.9 Å². The first-order valence-corrected chi connectivity index (χ1v) is 24.5. The van der Waals surface area contributed by atoms with Crippen molar-refractivity contribution in [3.63, 3.8) is 0 Å². The first kappa shape index (κ1) is 52.6. The summed E-state index contributed by atoms with van der Waals surface area (Å²) in [5.41, 5.74) is 5.59. The molecule has 0 radical (unpaired) electrons. The fourth-order valence-corrected chi connectivity index (χ4v) is 8.61. The third-order valence-corrected chi connectivity index (χ3v) is 12.2. The predicted octanol–water partition coefficient (Wildman–Crippen LogP) is 14.9. The van der Waals surface area contributed by atoms with E-state index in [1.807, 2.05) is 12.1 Å². The van der Waals surface area contributed by atoms with Crippen LogP contribution in [-0.4, -0.2) is 55.7 Å². The molecule has 0 aliphatic rings. The van der Waals surface area contributed by atoms with Crippen molar-refractivity contribution < 1.29 is 10.2 Å². The number of hydrogen-bond donors (Lipinski definition) is 3. The molecule has 0 bridgehead atoms. The lowest BCUT2D eigenvalue weighted by Gasteiger charge is -2.28. The summed E-state index contributed by atoms with van der Waals surface area (Å²) in [6.07, 6.45) is 15.4. The summed E-state index contributed by atoms with van der Waals surface area (Å²) in [5, 5.41) is 26.8. The number of thioether (sulfide) groups is 2. The van der Waals surface area contributed by atoms with Crippen LogP contribution in [0.15, 0.2) is 34.6 Å². The number of aromatic hydroxyl groups is 2. The summed E-state index contributed by atoms with van der Waals surface area (Å²) in [7, 11) is 4.14. The fraction of sp³-hybridized carbons (Fsp3) is 0.700. The molecule has 3 rings (SSSR count). The maximum absolute atomic E-state index is 11.1. The van der Waals surface area contributed by atoms with E-state index in [2.05, 4.69) is 133 Å². The van der Waals surface area contributed by atoms with Crippen LogP contribution in [0.4, 0.5) is 11.6 Å². The van der Waals surface area contributed by atoms with Crippen molar-refractivity contribution in [2.24, 2.45) is 0 Å². The van der Waals surface area contributed by atoms with Crippen molar-refractivity contribution in [1.29, 1.82) is 0 Å². The van der Waals surface area contributed by atoms with Crippen LogP contribution in [0.5, 0.6) is 11.5 Å². The number of aromatic nitrogens is 3. The van der Waals surface area contributed by atoms with Gasteiger partial charge < -0.3 is 20.4 Å². The molecule has 7 nitrogen and oxygen atoms in total. The summed E-state index contributed by atoms with van der Waals surface area (Å²) >= 11 is 3.48. The minimum absolute atomic E-state index is 0.0492. The van der Waals surface area contributed by atoms with Crippen LogP contribution in [0, 0.1) is 0 Å². The van der Waals surface area contributed by atoms with E-state index in [0.29, 0.717) is 17.4 Å². The Morgan fingerprint density at radius 2 is 0.847 bits per heavy atom. The normalized spacial score (nSPS) is 12.5. The second-order valence-corrected chi connectivity index (χ2v) is 22.9. The zero-order valence-electron chi connectivity index (χ0n) is 40.4.